The predicted molar refractivity (Wildman–Crippen MR) is 126 cm³/mol. The summed E-state index contributed by atoms with van der Waals surface area (Å²) in [6.07, 6.45) is -2.98. The van der Waals surface area contributed by atoms with E-state index < -0.39 is 42.0 Å². The third kappa shape index (κ3) is 4.89. The van der Waals surface area contributed by atoms with Gasteiger partial charge in [0.1, 0.15) is 5.69 Å². The molecule has 1 aliphatic heterocycles. The van der Waals surface area contributed by atoms with Crippen LogP contribution in [0.3, 0.4) is 0 Å². The Bertz CT molecular complexity index is 1230. The minimum Gasteiger partial charge on any atom is -0.481 e. The van der Waals surface area contributed by atoms with Crippen LogP contribution in [0.2, 0.25) is 0 Å². The quantitative estimate of drug-likeness (QED) is 0.328. The minimum atomic E-state index is -4.69. The minimum absolute atomic E-state index is 0.0467. The maximum absolute atomic E-state index is 14.3. The second-order valence-electron chi connectivity index (χ2n) is 10.6. The second-order valence-corrected chi connectivity index (χ2v) is 10.6. The van der Waals surface area contributed by atoms with E-state index in [0.29, 0.717) is 25.8 Å². The first-order chi connectivity index (χ1) is 17.9. The lowest BCUT2D eigenvalue weighted by Gasteiger charge is -2.38. The molecule has 13 heteroatoms. The fraction of sp³-hybridized carbons (Fsp3) is 0.600. The Balaban J connectivity index is 1.19. The molecule has 2 aromatic rings. The van der Waals surface area contributed by atoms with Crippen LogP contribution in [-0.4, -0.2) is 69.0 Å². The van der Waals surface area contributed by atoms with Gasteiger partial charge in [-0.2, -0.15) is 18.3 Å². The Kier molecular flexibility index (Phi) is 6.70. The molecule has 0 aromatic carbocycles. The van der Waals surface area contributed by atoms with E-state index in [1.807, 2.05) is 0 Å². The predicted octanol–water partition coefficient (Wildman–Crippen LogP) is 2.91. The van der Waals surface area contributed by atoms with Crippen molar-refractivity contribution in [3.8, 4) is 17.1 Å². The molecule has 4 N–H and O–H groups in total. The fourth-order valence-electron chi connectivity index (χ4n) is 5.75. The lowest BCUT2D eigenvalue weighted by atomic mass is 9.81. The van der Waals surface area contributed by atoms with Crippen LogP contribution in [0, 0.1) is 17.7 Å². The number of amides is 1. The number of carbonyl (C=O) groups is 2. The van der Waals surface area contributed by atoms with Crippen molar-refractivity contribution in [1.29, 1.82) is 0 Å². The van der Waals surface area contributed by atoms with E-state index in [9.17, 15) is 32.3 Å². The van der Waals surface area contributed by atoms with Crippen molar-refractivity contribution < 1.29 is 37.0 Å². The number of methoxy groups -OCH3 is 1. The monoisotopic (exact) mass is 539 g/mol. The largest absolute Gasteiger partial charge is 0.481 e. The van der Waals surface area contributed by atoms with Gasteiger partial charge < -0.3 is 20.5 Å². The number of piperidine rings is 1. The number of H-pyrrole nitrogens is 1. The molecule has 3 heterocycles. The maximum atomic E-state index is 14.3. The molecule has 1 saturated heterocycles. The van der Waals surface area contributed by atoms with E-state index in [-0.39, 0.29) is 59.2 Å². The summed E-state index contributed by atoms with van der Waals surface area (Å²) in [7, 11) is 1.41. The standard InChI is InChI=1S/C25H29F4N5O4/c1-38-20-8-15(17(26)12-30-20)18-9-19(34-33-18)21(35)16-11-23(16)10-13(4-7-31-23)22(36)32-14-2-5-24(37,6-3-14)25(27,28)29/h8-9,12-14,16,31,37H,2-7,10-11H2,1H3,(H,32,36)(H,33,34). The van der Waals surface area contributed by atoms with Crippen LogP contribution in [0.5, 0.6) is 5.88 Å². The molecule has 3 fully saturated rings. The molecule has 2 saturated carbocycles. The zero-order valence-corrected chi connectivity index (χ0v) is 20.7. The number of aromatic amines is 1. The molecule has 3 atom stereocenters. The number of hydrogen-bond donors (Lipinski definition) is 4. The number of carbonyl (C=O) groups excluding carboxylic acids is 2. The number of aromatic nitrogens is 3. The van der Waals surface area contributed by atoms with Crippen LogP contribution in [0.15, 0.2) is 18.3 Å². The van der Waals surface area contributed by atoms with Crippen LogP contribution in [0.1, 0.15) is 55.4 Å². The third-order valence-corrected chi connectivity index (χ3v) is 8.19. The van der Waals surface area contributed by atoms with Gasteiger partial charge in [0, 0.05) is 35.0 Å². The molecular formula is C25H29F4N5O4. The average Bonchev–Trinajstić information content (AvgIpc) is 3.33. The third-order valence-electron chi connectivity index (χ3n) is 8.19. The lowest BCUT2D eigenvalue weighted by Crippen LogP contribution is -2.53. The van der Waals surface area contributed by atoms with Crippen molar-refractivity contribution in [3.63, 3.8) is 0 Å². The molecule has 0 radical (unpaired) electrons. The lowest BCUT2D eigenvalue weighted by molar-refractivity contribution is -0.270. The summed E-state index contributed by atoms with van der Waals surface area (Å²) < 4.78 is 58.5. The number of ketones is 1. The number of nitrogens with one attached hydrogen (secondary N) is 3. The van der Waals surface area contributed by atoms with Crippen molar-refractivity contribution in [1.82, 2.24) is 25.8 Å². The van der Waals surface area contributed by atoms with Gasteiger partial charge in [-0.05, 0) is 57.6 Å². The molecule has 0 bridgehead atoms. The Labute approximate surface area is 215 Å². The first-order valence-corrected chi connectivity index (χ1v) is 12.6. The van der Waals surface area contributed by atoms with Gasteiger partial charge in [0.25, 0.3) is 0 Å². The first-order valence-electron chi connectivity index (χ1n) is 12.6. The van der Waals surface area contributed by atoms with Gasteiger partial charge in [-0.1, -0.05) is 0 Å². The summed E-state index contributed by atoms with van der Waals surface area (Å²) in [4.78, 5) is 30.0. The van der Waals surface area contributed by atoms with Crippen LogP contribution in [0.25, 0.3) is 11.3 Å². The number of rotatable bonds is 6. The first kappa shape index (κ1) is 26.5. The maximum Gasteiger partial charge on any atom is 0.417 e. The second kappa shape index (κ2) is 9.60. The summed E-state index contributed by atoms with van der Waals surface area (Å²) >= 11 is 0. The van der Waals surface area contributed by atoms with Gasteiger partial charge >= 0.3 is 6.18 Å². The van der Waals surface area contributed by atoms with E-state index in [0.717, 1.165) is 6.20 Å². The highest BCUT2D eigenvalue weighted by Crippen LogP contribution is 2.52. The Morgan fingerprint density at radius 3 is 2.61 bits per heavy atom. The molecule has 206 valence electrons. The summed E-state index contributed by atoms with van der Waals surface area (Å²) in [6, 6.07) is 2.44. The molecule has 1 amide bonds. The number of aliphatic hydroxyl groups is 1. The molecular weight excluding hydrogens is 510 g/mol. The number of Topliss-reactive ketones (excluding diaryl/α,β-unsaturated/α-hetero) is 1. The highest BCUT2D eigenvalue weighted by atomic mass is 19.4. The summed E-state index contributed by atoms with van der Waals surface area (Å²) in [5, 5.41) is 22.8. The molecule has 9 nitrogen and oxygen atoms in total. The molecule has 2 aromatic heterocycles. The normalized spacial score (nSPS) is 31.2. The van der Waals surface area contributed by atoms with Crippen LogP contribution >= 0.6 is 0 Å². The van der Waals surface area contributed by atoms with E-state index in [1.165, 1.54) is 19.2 Å². The number of alkyl halides is 3. The number of ether oxygens (including phenoxy) is 1. The SMILES string of the molecule is COc1cc(-c2cc(C(=O)C3CC34CC(C(=O)NC3CCC(O)(C(F)(F)F)CC3)CCN4)[nH]n2)c(F)cn1. The summed E-state index contributed by atoms with van der Waals surface area (Å²) in [5.74, 6) is -1.61. The summed E-state index contributed by atoms with van der Waals surface area (Å²) in [6.45, 7) is 0.524. The van der Waals surface area contributed by atoms with Gasteiger partial charge in [0.2, 0.25) is 11.8 Å². The van der Waals surface area contributed by atoms with Crippen molar-refractivity contribution in [2.24, 2.45) is 11.8 Å². The van der Waals surface area contributed by atoms with E-state index in [1.54, 1.807) is 0 Å². The summed E-state index contributed by atoms with van der Waals surface area (Å²) in [5.41, 5.74) is -2.64. The van der Waals surface area contributed by atoms with Gasteiger partial charge in [0.05, 0.1) is 19.0 Å². The zero-order chi connectivity index (χ0) is 27.3. The Hall–Kier alpha value is -3.06. The van der Waals surface area contributed by atoms with Crippen molar-refractivity contribution in [2.75, 3.05) is 13.7 Å². The molecule has 1 spiro atoms. The molecule has 2 aliphatic carbocycles. The highest BCUT2D eigenvalue weighted by Gasteiger charge is 2.60. The highest BCUT2D eigenvalue weighted by molar-refractivity contribution is 6.00. The van der Waals surface area contributed by atoms with Crippen LogP contribution in [-0.2, 0) is 4.79 Å². The van der Waals surface area contributed by atoms with Crippen molar-refractivity contribution in [3.05, 3.63) is 29.8 Å². The number of halogens is 4. The number of pyridine rings is 1. The topological polar surface area (TPSA) is 129 Å². The molecule has 5 rings (SSSR count). The number of nitrogens with zero attached hydrogens (tertiary/aromatic N) is 2. The van der Waals surface area contributed by atoms with Gasteiger partial charge in [-0.25, -0.2) is 9.37 Å². The van der Waals surface area contributed by atoms with Crippen molar-refractivity contribution in [2.45, 2.75) is 68.3 Å². The van der Waals surface area contributed by atoms with E-state index in [2.05, 4.69) is 25.8 Å². The van der Waals surface area contributed by atoms with Gasteiger partial charge in [0.15, 0.2) is 17.2 Å². The number of hydrogen-bond acceptors (Lipinski definition) is 7. The molecule has 38 heavy (non-hydrogen) atoms. The molecule has 3 aliphatic rings. The van der Waals surface area contributed by atoms with Crippen LogP contribution in [0.4, 0.5) is 17.6 Å². The Morgan fingerprint density at radius 1 is 1.18 bits per heavy atom. The van der Waals surface area contributed by atoms with E-state index >= 15 is 0 Å². The van der Waals surface area contributed by atoms with Crippen molar-refractivity contribution >= 4 is 11.7 Å². The smallest absolute Gasteiger partial charge is 0.417 e. The van der Waals surface area contributed by atoms with Gasteiger partial charge in [-0.3, -0.25) is 14.7 Å². The Morgan fingerprint density at radius 2 is 1.92 bits per heavy atom. The fourth-order valence-corrected chi connectivity index (χ4v) is 5.75. The van der Waals surface area contributed by atoms with Crippen LogP contribution < -0.4 is 15.4 Å². The molecule has 3 unspecified atom stereocenters. The zero-order valence-electron chi connectivity index (χ0n) is 20.7. The average molecular weight is 540 g/mol. The van der Waals surface area contributed by atoms with E-state index in [4.69, 9.17) is 4.74 Å². The van der Waals surface area contributed by atoms with Gasteiger partial charge in [-0.15, -0.1) is 0 Å².